The fourth-order valence-corrected chi connectivity index (χ4v) is 1.52. The Kier molecular flexibility index (Phi) is 4.88. The Morgan fingerprint density at radius 2 is 1.74 bits per heavy atom. The predicted octanol–water partition coefficient (Wildman–Crippen LogP) is 0.316. The molecule has 0 aliphatic heterocycles. The second-order valence-corrected chi connectivity index (χ2v) is 4.47. The zero-order valence-corrected chi connectivity index (χ0v) is 11.1. The highest BCUT2D eigenvalue weighted by Crippen LogP contribution is 2.12. The molecule has 0 heterocycles. The molecule has 0 saturated heterocycles. The average molecular weight is 266 g/mol. The van der Waals surface area contributed by atoms with Gasteiger partial charge < -0.3 is 20.4 Å². The van der Waals surface area contributed by atoms with Crippen LogP contribution < -0.4 is 10.2 Å². The first-order chi connectivity index (χ1) is 8.82. The van der Waals surface area contributed by atoms with E-state index in [9.17, 15) is 14.7 Å². The lowest BCUT2D eigenvalue weighted by Gasteiger charge is -2.17. The summed E-state index contributed by atoms with van der Waals surface area (Å²) in [5.41, 5.74) is 1.28. The van der Waals surface area contributed by atoms with Gasteiger partial charge in [0.25, 0.3) is 5.91 Å². The molecule has 3 N–H and O–H groups in total. The quantitative estimate of drug-likeness (QED) is 0.714. The van der Waals surface area contributed by atoms with E-state index in [-0.39, 0.29) is 0 Å². The number of aliphatic carboxylic acids is 1. The van der Waals surface area contributed by atoms with Crippen LogP contribution in [0.3, 0.4) is 0 Å². The molecule has 0 aromatic heterocycles. The van der Waals surface area contributed by atoms with Gasteiger partial charge in [-0.05, 0) is 31.2 Å². The maximum atomic E-state index is 11.8. The second-order valence-electron chi connectivity index (χ2n) is 4.47. The van der Waals surface area contributed by atoms with Crippen LogP contribution in [-0.4, -0.2) is 48.3 Å². The SMILES string of the molecule is CC(O)C(NC(=O)c1ccc(N(C)C)cc1)C(=O)O. The van der Waals surface area contributed by atoms with Gasteiger partial charge in [0.05, 0.1) is 6.10 Å². The molecular weight excluding hydrogens is 248 g/mol. The number of hydrogen-bond acceptors (Lipinski definition) is 4. The van der Waals surface area contributed by atoms with Gasteiger partial charge in [-0.3, -0.25) is 4.79 Å². The van der Waals surface area contributed by atoms with E-state index >= 15 is 0 Å². The summed E-state index contributed by atoms with van der Waals surface area (Å²) in [6, 6.07) is 5.40. The Morgan fingerprint density at radius 1 is 1.21 bits per heavy atom. The number of nitrogens with zero attached hydrogens (tertiary/aromatic N) is 1. The fraction of sp³-hybridized carbons (Fsp3) is 0.385. The highest BCUT2D eigenvalue weighted by atomic mass is 16.4. The first kappa shape index (κ1) is 15.0. The van der Waals surface area contributed by atoms with Crippen molar-refractivity contribution in [3.05, 3.63) is 29.8 Å². The molecule has 2 unspecified atom stereocenters. The van der Waals surface area contributed by atoms with Crippen LogP contribution in [0.1, 0.15) is 17.3 Å². The lowest BCUT2D eigenvalue weighted by molar-refractivity contribution is -0.141. The average Bonchev–Trinajstić information content (AvgIpc) is 2.34. The van der Waals surface area contributed by atoms with Gasteiger partial charge >= 0.3 is 5.97 Å². The Bertz CT molecular complexity index is 454. The summed E-state index contributed by atoms with van der Waals surface area (Å²) in [4.78, 5) is 24.6. The molecule has 0 fully saturated rings. The van der Waals surface area contributed by atoms with Crippen LogP contribution in [0.4, 0.5) is 5.69 Å². The molecule has 1 aromatic rings. The number of carboxylic acids is 1. The van der Waals surface area contributed by atoms with E-state index in [4.69, 9.17) is 5.11 Å². The van der Waals surface area contributed by atoms with Crippen LogP contribution in [0.2, 0.25) is 0 Å². The van der Waals surface area contributed by atoms with Gasteiger partial charge in [0, 0.05) is 25.3 Å². The van der Waals surface area contributed by atoms with Crippen molar-refractivity contribution in [2.24, 2.45) is 0 Å². The molecule has 6 nitrogen and oxygen atoms in total. The third-order valence-corrected chi connectivity index (χ3v) is 2.68. The van der Waals surface area contributed by atoms with Gasteiger partial charge in [-0.2, -0.15) is 0 Å². The largest absolute Gasteiger partial charge is 0.480 e. The van der Waals surface area contributed by atoms with Crippen molar-refractivity contribution in [2.45, 2.75) is 19.1 Å². The molecule has 0 saturated carbocycles. The Balaban J connectivity index is 2.80. The number of aliphatic hydroxyl groups is 1. The monoisotopic (exact) mass is 266 g/mol. The van der Waals surface area contributed by atoms with Crippen molar-refractivity contribution in [3.8, 4) is 0 Å². The molecule has 0 aliphatic carbocycles. The number of carboxylic acid groups (broad SMARTS) is 1. The summed E-state index contributed by atoms with van der Waals surface area (Å²) < 4.78 is 0. The number of aliphatic hydroxyl groups excluding tert-OH is 1. The summed E-state index contributed by atoms with van der Waals surface area (Å²) in [5, 5.41) is 20.4. The van der Waals surface area contributed by atoms with E-state index in [1.165, 1.54) is 6.92 Å². The highest BCUT2D eigenvalue weighted by molar-refractivity contribution is 5.97. The summed E-state index contributed by atoms with van der Waals surface area (Å²) in [5.74, 6) is -1.80. The lowest BCUT2D eigenvalue weighted by Crippen LogP contribution is -2.47. The fourth-order valence-electron chi connectivity index (χ4n) is 1.52. The minimum atomic E-state index is -1.32. The Hall–Kier alpha value is -2.08. The van der Waals surface area contributed by atoms with E-state index in [0.717, 1.165) is 5.69 Å². The molecule has 0 spiro atoms. The van der Waals surface area contributed by atoms with Gasteiger partial charge in [-0.15, -0.1) is 0 Å². The molecule has 104 valence electrons. The molecule has 1 aromatic carbocycles. The number of benzene rings is 1. The normalized spacial score (nSPS) is 13.5. The van der Waals surface area contributed by atoms with E-state index in [0.29, 0.717) is 5.56 Å². The maximum Gasteiger partial charge on any atom is 0.328 e. The molecule has 0 aliphatic rings. The van der Waals surface area contributed by atoms with Gasteiger partial charge in [0.15, 0.2) is 6.04 Å². The predicted molar refractivity (Wildman–Crippen MR) is 71.3 cm³/mol. The number of nitrogens with one attached hydrogen (secondary N) is 1. The summed E-state index contributed by atoms with van der Waals surface area (Å²) >= 11 is 0. The molecule has 19 heavy (non-hydrogen) atoms. The smallest absolute Gasteiger partial charge is 0.328 e. The Morgan fingerprint density at radius 3 is 2.11 bits per heavy atom. The number of carbonyl (C=O) groups is 2. The van der Waals surface area contributed by atoms with Crippen molar-refractivity contribution in [2.75, 3.05) is 19.0 Å². The van der Waals surface area contributed by atoms with Crippen LogP contribution in [0.5, 0.6) is 0 Å². The van der Waals surface area contributed by atoms with E-state index in [1.54, 1.807) is 24.3 Å². The van der Waals surface area contributed by atoms with Crippen molar-refractivity contribution in [3.63, 3.8) is 0 Å². The minimum Gasteiger partial charge on any atom is -0.480 e. The van der Waals surface area contributed by atoms with Gasteiger partial charge in [0.1, 0.15) is 0 Å². The maximum absolute atomic E-state index is 11.8. The standard InChI is InChI=1S/C13H18N2O4/c1-8(16)11(13(18)19)14-12(17)9-4-6-10(7-5-9)15(2)3/h4-8,11,16H,1-3H3,(H,14,17)(H,18,19). The molecule has 2 atom stereocenters. The summed E-state index contributed by atoms with van der Waals surface area (Å²) in [6.07, 6.45) is -1.16. The zero-order chi connectivity index (χ0) is 14.6. The first-order valence-electron chi connectivity index (χ1n) is 5.82. The second kappa shape index (κ2) is 6.19. The zero-order valence-electron chi connectivity index (χ0n) is 11.1. The number of carbonyl (C=O) groups excluding carboxylic acids is 1. The molecular formula is C13H18N2O4. The van der Waals surface area contributed by atoms with Crippen LogP contribution in [0.25, 0.3) is 0 Å². The van der Waals surface area contributed by atoms with Gasteiger partial charge in [-0.25, -0.2) is 4.79 Å². The molecule has 1 amide bonds. The van der Waals surface area contributed by atoms with Crippen LogP contribution >= 0.6 is 0 Å². The molecule has 1 rings (SSSR count). The van der Waals surface area contributed by atoms with E-state index in [2.05, 4.69) is 5.32 Å². The number of hydrogen-bond donors (Lipinski definition) is 3. The topological polar surface area (TPSA) is 89.9 Å². The van der Waals surface area contributed by atoms with Crippen LogP contribution in [0, 0.1) is 0 Å². The highest BCUT2D eigenvalue weighted by Gasteiger charge is 2.25. The van der Waals surface area contributed by atoms with Crippen molar-refractivity contribution >= 4 is 17.6 Å². The van der Waals surface area contributed by atoms with Gasteiger partial charge in [0.2, 0.25) is 0 Å². The molecule has 0 bridgehead atoms. The third-order valence-electron chi connectivity index (χ3n) is 2.68. The third kappa shape index (κ3) is 3.96. The van der Waals surface area contributed by atoms with Crippen molar-refractivity contribution < 1.29 is 19.8 Å². The van der Waals surface area contributed by atoms with Crippen LogP contribution in [0.15, 0.2) is 24.3 Å². The van der Waals surface area contributed by atoms with Gasteiger partial charge in [-0.1, -0.05) is 0 Å². The number of anilines is 1. The molecule has 0 radical (unpaired) electrons. The van der Waals surface area contributed by atoms with E-state index in [1.807, 2.05) is 19.0 Å². The summed E-state index contributed by atoms with van der Waals surface area (Å²) in [7, 11) is 3.76. The molecule has 6 heteroatoms. The van der Waals surface area contributed by atoms with E-state index < -0.39 is 24.0 Å². The lowest BCUT2D eigenvalue weighted by atomic mass is 10.1. The van der Waals surface area contributed by atoms with Crippen molar-refractivity contribution in [1.82, 2.24) is 5.32 Å². The first-order valence-corrected chi connectivity index (χ1v) is 5.82. The van der Waals surface area contributed by atoms with Crippen molar-refractivity contribution in [1.29, 1.82) is 0 Å². The number of rotatable bonds is 5. The van der Waals surface area contributed by atoms with Crippen LogP contribution in [-0.2, 0) is 4.79 Å². The summed E-state index contributed by atoms with van der Waals surface area (Å²) in [6.45, 7) is 1.31. The Labute approximate surface area is 111 Å². The minimum absolute atomic E-state index is 0.345. The number of amides is 1.